The molecule has 4 nitrogen and oxygen atoms in total. The Morgan fingerprint density at radius 2 is 1.76 bits per heavy atom. The largest absolute Gasteiger partial charge is 0.477 e. The number of carbonyl (C=O) groups excluding carboxylic acids is 1. The van der Waals surface area contributed by atoms with E-state index in [0.717, 1.165) is 17.3 Å². The summed E-state index contributed by atoms with van der Waals surface area (Å²) in [4.78, 5) is 23.3. The van der Waals surface area contributed by atoms with Gasteiger partial charge in [0.15, 0.2) is 0 Å². The van der Waals surface area contributed by atoms with Crippen molar-refractivity contribution in [3.63, 3.8) is 0 Å². The number of benzene rings is 2. The number of thioether (sulfide) groups is 1. The van der Waals surface area contributed by atoms with E-state index in [1.807, 2.05) is 30.3 Å². The van der Waals surface area contributed by atoms with Gasteiger partial charge in [0, 0.05) is 10.7 Å². The number of allylic oxidation sites excluding steroid dienone is 2. The Morgan fingerprint density at radius 1 is 1.08 bits per heavy atom. The highest BCUT2D eigenvalue weighted by molar-refractivity contribution is 8.04. The fourth-order valence-electron chi connectivity index (χ4n) is 1.87. The predicted molar refractivity (Wildman–Crippen MR) is 104 cm³/mol. The van der Waals surface area contributed by atoms with Gasteiger partial charge >= 0.3 is 5.97 Å². The van der Waals surface area contributed by atoms with E-state index < -0.39 is 5.97 Å². The van der Waals surface area contributed by atoms with Crippen LogP contribution in [0.5, 0.6) is 0 Å². The molecule has 0 heterocycles. The van der Waals surface area contributed by atoms with Crippen molar-refractivity contribution in [3.8, 4) is 0 Å². The highest BCUT2D eigenvalue weighted by Crippen LogP contribution is 2.18. The summed E-state index contributed by atoms with van der Waals surface area (Å²) in [5.74, 6) is -1.35. The summed E-state index contributed by atoms with van der Waals surface area (Å²) < 4.78 is 0. The van der Waals surface area contributed by atoms with Crippen molar-refractivity contribution in [1.29, 1.82) is 0 Å². The van der Waals surface area contributed by atoms with Crippen molar-refractivity contribution in [2.45, 2.75) is 0 Å². The lowest BCUT2D eigenvalue weighted by Crippen LogP contribution is -2.14. The first-order chi connectivity index (χ1) is 12.0. The van der Waals surface area contributed by atoms with E-state index in [0.29, 0.717) is 10.7 Å². The molecule has 2 rings (SSSR count). The minimum absolute atomic E-state index is 0.0000628. The minimum atomic E-state index is -1.07. The summed E-state index contributed by atoms with van der Waals surface area (Å²) in [6.07, 6.45) is 4.94. The van der Waals surface area contributed by atoms with Crippen molar-refractivity contribution in [3.05, 3.63) is 82.2 Å². The molecule has 1 amide bonds. The number of carboxylic acids is 1. The lowest BCUT2D eigenvalue weighted by atomic mass is 10.2. The normalized spacial score (nSPS) is 11.5. The predicted octanol–water partition coefficient (Wildman–Crippen LogP) is 4.69. The monoisotopic (exact) mass is 373 g/mol. The molecule has 0 aliphatic rings. The molecule has 0 saturated carbocycles. The van der Waals surface area contributed by atoms with Gasteiger partial charge in [-0.05, 0) is 35.9 Å². The molecule has 0 aromatic heterocycles. The molecule has 0 aliphatic carbocycles. The van der Waals surface area contributed by atoms with Crippen LogP contribution in [0.3, 0.4) is 0 Å². The number of rotatable bonds is 7. The zero-order valence-corrected chi connectivity index (χ0v) is 14.8. The second-order valence-electron chi connectivity index (χ2n) is 4.95. The van der Waals surface area contributed by atoms with E-state index in [-0.39, 0.29) is 16.6 Å². The number of nitrogens with one attached hydrogen (secondary N) is 1. The SMILES string of the molecule is O=C(CS/C(=C\C=C\c1ccccc1)C(=O)O)Nc1ccc(Cl)cc1. The molecule has 6 heteroatoms. The molecule has 2 aromatic rings. The highest BCUT2D eigenvalue weighted by atomic mass is 35.5. The fraction of sp³-hybridized carbons (Fsp3) is 0.0526. The van der Waals surface area contributed by atoms with Crippen LogP contribution in [0, 0.1) is 0 Å². The van der Waals surface area contributed by atoms with E-state index in [1.165, 1.54) is 6.08 Å². The quantitative estimate of drug-likeness (QED) is 0.545. The average Bonchev–Trinajstić information content (AvgIpc) is 2.60. The van der Waals surface area contributed by atoms with Crippen molar-refractivity contribution in [1.82, 2.24) is 0 Å². The first-order valence-corrected chi connectivity index (χ1v) is 8.76. The Morgan fingerprint density at radius 3 is 2.40 bits per heavy atom. The second kappa shape index (κ2) is 9.71. The van der Waals surface area contributed by atoms with Gasteiger partial charge in [-0.15, -0.1) is 11.8 Å². The molecule has 25 heavy (non-hydrogen) atoms. The van der Waals surface area contributed by atoms with Gasteiger partial charge in [-0.25, -0.2) is 4.79 Å². The molecule has 2 N–H and O–H groups in total. The van der Waals surface area contributed by atoms with Gasteiger partial charge in [-0.3, -0.25) is 4.79 Å². The number of hydrogen-bond acceptors (Lipinski definition) is 3. The Balaban J connectivity index is 1.91. The van der Waals surface area contributed by atoms with Crippen LogP contribution in [0.2, 0.25) is 5.02 Å². The average molecular weight is 374 g/mol. The van der Waals surface area contributed by atoms with E-state index in [1.54, 1.807) is 36.4 Å². The fourth-order valence-corrected chi connectivity index (χ4v) is 2.65. The van der Waals surface area contributed by atoms with Gasteiger partial charge in [0.1, 0.15) is 0 Å². The molecule has 2 aromatic carbocycles. The zero-order valence-electron chi connectivity index (χ0n) is 13.2. The molecule has 0 fully saturated rings. The lowest BCUT2D eigenvalue weighted by molar-refractivity contribution is -0.131. The number of hydrogen-bond donors (Lipinski definition) is 2. The van der Waals surface area contributed by atoms with Gasteiger partial charge in [0.25, 0.3) is 0 Å². The van der Waals surface area contributed by atoms with Gasteiger partial charge < -0.3 is 10.4 Å². The van der Waals surface area contributed by atoms with Crippen LogP contribution in [0.15, 0.2) is 71.7 Å². The maximum Gasteiger partial charge on any atom is 0.342 e. The molecule has 0 atom stereocenters. The van der Waals surface area contributed by atoms with E-state index >= 15 is 0 Å². The van der Waals surface area contributed by atoms with E-state index in [9.17, 15) is 14.7 Å². The van der Waals surface area contributed by atoms with Gasteiger partial charge in [0.05, 0.1) is 10.7 Å². The molecule has 0 saturated heterocycles. The number of aliphatic carboxylic acids is 1. The number of anilines is 1. The highest BCUT2D eigenvalue weighted by Gasteiger charge is 2.10. The summed E-state index contributed by atoms with van der Waals surface area (Å²) in [7, 11) is 0. The Kier molecular flexibility index (Phi) is 7.32. The molecule has 0 radical (unpaired) electrons. The Bertz CT molecular complexity index is 786. The van der Waals surface area contributed by atoms with Crippen molar-refractivity contribution >= 4 is 47.0 Å². The van der Waals surface area contributed by atoms with Crippen LogP contribution >= 0.6 is 23.4 Å². The molecular weight excluding hydrogens is 358 g/mol. The van der Waals surface area contributed by atoms with Gasteiger partial charge in [-0.1, -0.05) is 54.1 Å². The first kappa shape index (κ1) is 18.8. The van der Waals surface area contributed by atoms with Crippen LogP contribution in [-0.4, -0.2) is 22.7 Å². The number of carboxylic acid groups (broad SMARTS) is 1. The van der Waals surface area contributed by atoms with Crippen molar-refractivity contribution < 1.29 is 14.7 Å². The Labute approximate surface area is 155 Å². The summed E-state index contributed by atoms with van der Waals surface area (Å²) in [6, 6.07) is 16.2. The van der Waals surface area contributed by atoms with Crippen molar-refractivity contribution in [2.24, 2.45) is 0 Å². The second-order valence-corrected chi connectivity index (χ2v) is 6.40. The summed E-state index contributed by atoms with van der Waals surface area (Å²) in [6.45, 7) is 0. The number of amides is 1. The lowest BCUT2D eigenvalue weighted by Gasteiger charge is -2.05. The third kappa shape index (κ3) is 6.87. The zero-order chi connectivity index (χ0) is 18.1. The van der Waals surface area contributed by atoms with Crippen molar-refractivity contribution in [2.75, 3.05) is 11.1 Å². The molecule has 0 bridgehead atoms. The maximum absolute atomic E-state index is 11.9. The van der Waals surface area contributed by atoms with Crippen LogP contribution < -0.4 is 5.32 Å². The summed E-state index contributed by atoms with van der Waals surface area (Å²) >= 11 is 6.75. The summed E-state index contributed by atoms with van der Waals surface area (Å²) in [5.41, 5.74) is 1.58. The third-order valence-electron chi connectivity index (χ3n) is 3.03. The first-order valence-electron chi connectivity index (χ1n) is 7.39. The van der Waals surface area contributed by atoms with Crippen LogP contribution in [-0.2, 0) is 9.59 Å². The Hall–Kier alpha value is -2.50. The third-order valence-corrected chi connectivity index (χ3v) is 4.31. The number of halogens is 1. The van der Waals surface area contributed by atoms with Gasteiger partial charge in [0.2, 0.25) is 5.91 Å². The smallest absolute Gasteiger partial charge is 0.342 e. The van der Waals surface area contributed by atoms with E-state index in [4.69, 9.17) is 11.6 Å². The molecule has 0 aliphatic heterocycles. The molecular formula is C19H16ClNO3S. The number of carbonyl (C=O) groups is 2. The summed E-state index contributed by atoms with van der Waals surface area (Å²) in [5, 5.41) is 12.5. The maximum atomic E-state index is 11.9. The van der Waals surface area contributed by atoms with Gasteiger partial charge in [-0.2, -0.15) is 0 Å². The molecule has 0 spiro atoms. The van der Waals surface area contributed by atoms with Crippen LogP contribution in [0.1, 0.15) is 5.56 Å². The topological polar surface area (TPSA) is 66.4 Å². The molecule has 0 unspecified atom stereocenters. The van der Waals surface area contributed by atoms with Crippen LogP contribution in [0.4, 0.5) is 5.69 Å². The minimum Gasteiger partial charge on any atom is -0.477 e. The molecule has 128 valence electrons. The van der Waals surface area contributed by atoms with E-state index in [2.05, 4.69) is 5.32 Å². The van der Waals surface area contributed by atoms with Crippen LogP contribution in [0.25, 0.3) is 6.08 Å². The standard InChI is InChI=1S/C19H16ClNO3S/c20-15-9-11-16(12-10-15)21-18(22)13-25-17(19(23)24)8-4-7-14-5-2-1-3-6-14/h1-12H,13H2,(H,21,22)(H,23,24)/b7-4+,17-8-.